The first-order valence-corrected chi connectivity index (χ1v) is 7.89. The maximum absolute atomic E-state index is 10.2. The Morgan fingerprint density at radius 3 is 2.67 bits per heavy atom. The highest BCUT2D eigenvalue weighted by atomic mass is 16.5. The van der Waals surface area contributed by atoms with Crippen molar-refractivity contribution in [1.29, 1.82) is 0 Å². The third kappa shape index (κ3) is 6.20. The van der Waals surface area contributed by atoms with Crippen molar-refractivity contribution < 1.29 is 19.2 Å². The lowest BCUT2D eigenvalue weighted by Crippen LogP contribution is -2.19. The molecule has 2 aromatic rings. The van der Waals surface area contributed by atoms with Crippen molar-refractivity contribution >= 4 is 5.97 Å². The van der Waals surface area contributed by atoms with Crippen molar-refractivity contribution in [3.63, 3.8) is 0 Å². The molecule has 0 saturated heterocycles. The van der Waals surface area contributed by atoms with Crippen LogP contribution in [0.5, 0.6) is 5.88 Å². The zero-order chi connectivity index (χ0) is 17.2. The van der Waals surface area contributed by atoms with Crippen molar-refractivity contribution in [2.45, 2.75) is 44.6 Å². The van der Waals surface area contributed by atoms with Gasteiger partial charge in [-0.25, -0.2) is 9.78 Å². The van der Waals surface area contributed by atoms with Crippen molar-refractivity contribution in [3.8, 4) is 5.88 Å². The van der Waals surface area contributed by atoms with Gasteiger partial charge >= 0.3 is 5.97 Å². The molecule has 128 valence electrons. The molecule has 0 aliphatic heterocycles. The monoisotopic (exact) mass is 331 g/mol. The van der Waals surface area contributed by atoms with E-state index in [4.69, 9.17) is 9.84 Å². The SMILES string of the molecule is C=C(Cc1ncno1)C(=O)O.c1ccc(OC2CCCCC2)nc1. The van der Waals surface area contributed by atoms with Crippen molar-refractivity contribution in [1.82, 2.24) is 15.1 Å². The average Bonchev–Trinajstić information content (AvgIpc) is 3.10. The van der Waals surface area contributed by atoms with E-state index < -0.39 is 5.97 Å². The standard InChI is InChI=1S/C11H15NO.C6H6N2O3/c1-2-6-10(7-3-1)13-11-8-4-5-9-12-11;1-4(6(9)10)2-5-7-3-8-11-5/h4-5,8-10H,1-3,6-7H2;3H,1-2H2,(H,9,10). The van der Waals surface area contributed by atoms with E-state index in [1.165, 1.54) is 38.4 Å². The zero-order valence-corrected chi connectivity index (χ0v) is 13.4. The lowest BCUT2D eigenvalue weighted by atomic mass is 9.98. The topological polar surface area (TPSA) is 98.3 Å². The minimum Gasteiger partial charge on any atom is -0.478 e. The third-order valence-electron chi connectivity index (χ3n) is 3.55. The Labute approximate surface area is 140 Å². The molecule has 0 unspecified atom stereocenters. The highest BCUT2D eigenvalue weighted by Crippen LogP contribution is 2.21. The van der Waals surface area contributed by atoms with Crippen LogP contribution in [0.4, 0.5) is 0 Å². The van der Waals surface area contributed by atoms with Gasteiger partial charge in [-0.1, -0.05) is 24.2 Å². The van der Waals surface area contributed by atoms with E-state index in [0.717, 1.165) is 5.88 Å². The van der Waals surface area contributed by atoms with E-state index in [9.17, 15) is 4.79 Å². The first-order chi connectivity index (χ1) is 11.6. The predicted molar refractivity (Wildman–Crippen MR) is 86.5 cm³/mol. The molecule has 24 heavy (non-hydrogen) atoms. The summed E-state index contributed by atoms with van der Waals surface area (Å²) in [4.78, 5) is 18.0. The first kappa shape index (κ1) is 17.7. The number of nitrogens with zero attached hydrogens (tertiary/aromatic N) is 3. The van der Waals surface area contributed by atoms with Gasteiger partial charge in [0.05, 0.1) is 6.42 Å². The van der Waals surface area contributed by atoms with Crippen LogP contribution in [0.1, 0.15) is 38.0 Å². The van der Waals surface area contributed by atoms with E-state index in [0.29, 0.717) is 6.10 Å². The summed E-state index contributed by atoms with van der Waals surface area (Å²) in [5.41, 5.74) is 0.0363. The Bertz CT molecular complexity index is 623. The molecule has 7 heteroatoms. The fraction of sp³-hybridized carbons (Fsp3) is 0.412. The number of carboxylic acid groups (broad SMARTS) is 1. The van der Waals surface area contributed by atoms with Crippen LogP contribution >= 0.6 is 0 Å². The number of aromatic nitrogens is 3. The summed E-state index contributed by atoms with van der Waals surface area (Å²) in [6, 6.07) is 5.80. The lowest BCUT2D eigenvalue weighted by molar-refractivity contribution is -0.132. The number of ether oxygens (including phenoxy) is 1. The second-order valence-corrected chi connectivity index (χ2v) is 5.47. The van der Waals surface area contributed by atoms with Gasteiger partial charge in [-0.05, 0) is 31.7 Å². The molecule has 1 aliphatic carbocycles. The Morgan fingerprint density at radius 2 is 2.08 bits per heavy atom. The Kier molecular flexibility index (Phi) is 6.94. The number of hydrogen-bond donors (Lipinski definition) is 1. The largest absolute Gasteiger partial charge is 0.478 e. The van der Waals surface area contributed by atoms with Crippen LogP contribution < -0.4 is 4.74 Å². The van der Waals surface area contributed by atoms with Gasteiger partial charge in [0.2, 0.25) is 11.8 Å². The van der Waals surface area contributed by atoms with Gasteiger partial charge in [0.15, 0.2) is 6.33 Å². The Hall–Kier alpha value is -2.70. The van der Waals surface area contributed by atoms with E-state index in [2.05, 4.69) is 26.2 Å². The minimum atomic E-state index is -1.05. The number of aliphatic carboxylic acids is 1. The molecule has 2 heterocycles. The summed E-state index contributed by atoms with van der Waals surface area (Å²) in [5.74, 6) is -0.0185. The summed E-state index contributed by atoms with van der Waals surface area (Å²) in [6.07, 6.45) is 9.84. The highest BCUT2D eigenvalue weighted by Gasteiger charge is 2.14. The molecule has 0 amide bonds. The van der Waals surface area contributed by atoms with Gasteiger partial charge in [-0.15, -0.1) is 0 Å². The van der Waals surface area contributed by atoms with E-state index in [-0.39, 0.29) is 17.9 Å². The highest BCUT2D eigenvalue weighted by molar-refractivity contribution is 5.86. The van der Waals surface area contributed by atoms with E-state index in [1.54, 1.807) is 6.20 Å². The predicted octanol–water partition coefficient (Wildman–Crippen LogP) is 3.05. The smallest absolute Gasteiger partial charge is 0.331 e. The fourth-order valence-corrected chi connectivity index (χ4v) is 2.30. The normalized spacial score (nSPS) is 14.3. The number of rotatable bonds is 5. The fourth-order valence-electron chi connectivity index (χ4n) is 2.30. The van der Waals surface area contributed by atoms with E-state index >= 15 is 0 Å². The Balaban J connectivity index is 0.000000177. The van der Waals surface area contributed by atoms with Gasteiger partial charge < -0.3 is 14.4 Å². The summed E-state index contributed by atoms with van der Waals surface area (Å²) in [5, 5.41) is 11.7. The molecule has 0 aromatic carbocycles. The maximum atomic E-state index is 10.2. The van der Waals surface area contributed by atoms with Gasteiger partial charge in [0.1, 0.15) is 6.10 Å². The van der Waals surface area contributed by atoms with Gasteiger partial charge in [-0.3, -0.25) is 0 Å². The zero-order valence-electron chi connectivity index (χ0n) is 13.4. The van der Waals surface area contributed by atoms with E-state index in [1.807, 2.05) is 18.2 Å². The molecule has 3 rings (SSSR count). The van der Waals surface area contributed by atoms with Gasteiger partial charge in [0.25, 0.3) is 0 Å². The summed E-state index contributed by atoms with van der Waals surface area (Å²) in [6.45, 7) is 3.30. The first-order valence-electron chi connectivity index (χ1n) is 7.89. The molecule has 1 saturated carbocycles. The van der Waals surface area contributed by atoms with Crippen LogP contribution in [0.3, 0.4) is 0 Å². The van der Waals surface area contributed by atoms with Gasteiger partial charge in [-0.2, -0.15) is 4.98 Å². The molecule has 0 spiro atoms. The maximum Gasteiger partial charge on any atom is 0.331 e. The summed E-state index contributed by atoms with van der Waals surface area (Å²) < 4.78 is 10.3. The second kappa shape index (κ2) is 9.44. The molecule has 1 fully saturated rings. The van der Waals surface area contributed by atoms with Crippen LogP contribution in [0.15, 0.2) is 47.4 Å². The van der Waals surface area contributed by atoms with Crippen molar-refractivity contribution in [2.24, 2.45) is 0 Å². The third-order valence-corrected chi connectivity index (χ3v) is 3.55. The molecular formula is C17H21N3O4. The molecule has 0 atom stereocenters. The second-order valence-electron chi connectivity index (χ2n) is 5.47. The van der Waals surface area contributed by atoms with Crippen molar-refractivity contribution in [3.05, 3.63) is 48.8 Å². The molecule has 1 aliphatic rings. The van der Waals surface area contributed by atoms with Gasteiger partial charge in [0, 0.05) is 17.8 Å². The molecule has 2 aromatic heterocycles. The van der Waals surface area contributed by atoms with Crippen LogP contribution in [0.25, 0.3) is 0 Å². The molecule has 0 radical (unpaired) electrons. The number of carbonyl (C=O) groups is 1. The average molecular weight is 331 g/mol. The number of pyridine rings is 1. The molecule has 7 nitrogen and oxygen atoms in total. The molecular weight excluding hydrogens is 310 g/mol. The molecule has 0 bridgehead atoms. The summed E-state index contributed by atoms with van der Waals surface area (Å²) >= 11 is 0. The van der Waals surface area contributed by atoms with Crippen LogP contribution in [-0.2, 0) is 11.2 Å². The van der Waals surface area contributed by atoms with Crippen molar-refractivity contribution in [2.75, 3.05) is 0 Å². The summed E-state index contributed by atoms with van der Waals surface area (Å²) in [7, 11) is 0. The lowest BCUT2D eigenvalue weighted by Gasteiger charge is -2.22. The number of carboxylic acids is 1. The van der Waals surface area contributed by atoms with Crippen LogP contribution in [-0.4, -0.2) is 32.3 Å². The minimum absolute atomic E-state index is 0.0363. The molecule has 1 N–H and O–H groups in total. The van der Waals surface area contributed by atoms with Crippen LogP contribution in [0, 0.1) is 0 Å². The quantitative estimate of drug-likeness (QED) is 0.841. The van der Waals surface area contributed by atoms with Crippen LogP contribution in [0.2, 0.25) is 0 Å². The Morgan fingerprint density at radius 1 is 1.29 bits per heavy atom. The number of hydrogen-bond acceptors (Lipinski definition) is 6.